The lowest BCUT2D eigenvalue weighted by Gasteiger charge is -2.02. The van der Waals surface area contributed by atoms with Crippen molar-refractivity contribution in [2.24, 2.45) is 0 Å². The number of hydrogen-bond donors (Lipinski definition) is 2. The molecule has 0 saturated carbocycles. The van der Waals surface area contributed by atoms with E-state index in [0.717, 1.165) is 29.1 Å². The average molecular weight is 279 g/mol. The highest BCUT2D eigenvalue weighted by Gasteiger charge is 2.06. The molecule has 2 aromatic rings. The lowest BCUT2D eigenvalue weighted by molar-refractivity contribution is -0.121. The molecular weight excluding hydrogens is 262 g/mol. The standard InChI is InChI=1S/C12H17N5OS/c1-2-13-9(18)5-3-4-6-19-12-10-11(15-7-14-10)16-8-17-12/h7-8H,2-6H2,1H3,(H,13,18)(H,14,15,16,17). The number of hydrogen-bond acceptors (Lipinski definition) is 5. The minimum Gasteiger partial charge on any atom is -0.356 e. The van der Waals surface area contributed by atoms with Gasteiger partial charge in [0.2, 0.25) is 5.91 Å². The molecule has 0 atom stereocenters. The van der Waals surface area contributed by atoms with E-state index in [1.807, 2.05) is 6.92 Å². The fourth-order valence-electron chi connectivity index (χ4n) is 1.69. The first kappa shape index (κ1) is 13.8. The Labute approximate surface area is 115 Å². The van der Waals surface area contributed by atoms with E-state index < -0.39 is 0 Å². The van der Waals surface area contributed by atoms with Gasteiger partial charge in [-0.2, -0.15) is 0 Å². The highest BCUT2D eigenvalue weighted by Crippen LogP contribution is 2.22. The number of carbonyl (C=O) groups excluding carboxylic acids is 1. The molecule has 0 unspecified atom stereocenters. The van der Waals surface area contributed by atoms with Crippen LogP contribution in [0.15, 0.2) is 17.7 Å². The number of fused-ring (bicyclic) bond motifs is 1. The first-order valence-corrected chi connectivity index (χ1v) is 7.33. The van der Waals surface area contributed by atoms with Crippen molar-refractivity contribution in [3.63, 3.8) is 0 Å². The molecule has 0 aliphatic rings. The van der Waals surface area contributed by atoms with Crippen LogP contribution in [0.4, 0.5) is 0 Å². The maximum Gasteiger partial charge on any atom is 0.219 e. The number of aromatic nitrogens is 4. The van der Waals surface area contributed by atoms with E-state index in [-0.39, 0.29) is 5.91 Å². The monoisotopic (exact) mass is 279 g/mol. The van der Waals surface area contributed by atoms with Gasteiger partial charge < -0.3 is 10.3 Å². The molecule has 0 aliphatic carbocycles. The van der Waals surface area contributed by atoms with Gasteiger partial charge in [0.15, 0.2) is 5.65 Å². The summed E-state index contributed by atoms with van der Waals surface area (Å²) in [7, 11) is 0. The van der Waals surface area contributed by atoms with Crippen LogP contribution in [0.2, 0.25) is 0 Å². The highest BCUT2D eigenvalue weighted by molar-refractivity contribution is 7.99. The molecule has 0 fully saturated rings. The predicted octanol–water partition coefficient (Wildman–Crippen LogP) is 1.75. The lowest BCUT2D eigenvalue weighted by Crippen LogP contribution is -2.22. The van der Waals surface area contributed by atoms with E-state index in [0.29, 0.717) is 18.6 Å². The second-order valence-electron chi connectivity index (χ2n) is 4.04. The van der Waals surface area contributed by atoms with E-state index in [1.54, 1.807) is 18.1 Å². The van der Waals surface area contributed by atoms with Crippen LogP contribution in [-0.4, -0.2) is 38.1 Å². The van der Waals surface area contributed by atoms with Crippen molar-refractivity contribution in [1.82, 2.24) is 25.3 Å². The second kappa shape index (κ2) is 7.08. The summed E-state index contributed by atoms with van der Waals surface area (Å²) in [5.41, 5.74) is 1.58. The summed E-state index contributed by atoms with van der Waals surface area (Å²) in [6.07, 6.45) is 5.63. The minimum absolute atomic E-state index is 0.130. The van der Waals surface area contributed by atoms with Crippen LogP contribution in [0.1, 0.15) is 26.2 Å². The Morgan fingerprint density at radius 1 is 1.37 bits per heavy atom. The van der Waals surface area contributed by atoms with Gasteiger partial charge in [0.05, 0.1) is 6.33 Å². The molecule has 0 aliphatic heterocycles. The fourth-order valence-corrected chi connectivity index (χ4v) is 2.65. The smallest absolute Gasteiger partial charge is 0.219 e. The van der Waals surface area contributed by atoms with Crippen molar-refractivity contribution < 1.29 is 4.79 Å². The zero-order chi connectivity index (χ0) is 13.5. The molecule has 0 spiro atoms. The van der Waals surface area contributed by atoms with E-state index in [2.05, 4.69) is 25.3 Å². The number of nitrogens with one attached hydrogen (secondary N) is 2. The van der Waals surface area contributed by atoms with Gasteiger partial charge in [-0.1, -0.05) is 0 Å². The molecule has 2 N–H and O–H groups in total. The largest absolute Gasteiger partial charge is 0.356 e. The van der Waals surface area contributed by atoms with E-state index in [1.165, 1.54) is 6.33 Å². The van der Waals surface area contributed by atoms with Gasteiger partial charge in [-0.15, -0.1) is 11.8 Å². The normalized spacial score (nSPS) is 10.8. The minimum atomic E-state index is 0.130. The van der Waals surface area contributed by atoms with Crippen LogP contribution in [0.3, 0.4) is 0 Å². The molecule has 2 heterocycles. The summed E-state index contributed by atoms with van der Waals surface area (Å²) in [6.45, 7) is 2.63. The number of H-pyrrole nitrogens is 1. The summed E-state index contributed by atoms with van der Waals surface area (Å²) < 4.78 is 0. The first-order chi connectivity index (χ1) is 9.31. The molecule has 2 aromatic heterocycles. The third-order valence-electron chi connectivity index (χ3n) is 2.60. The number of aromatic amines is 1. The molecule has 7 heteroatoms. The van der Waals surface area contributed by atoms with Gasteiger partial charge in [-0.3, -0.25) is 4.79 Å². The highest BCUT2D eigenvalue weighted by atomic mass is 32.2. The number of rotatable bonds is 7. The third-order valence-corrected chi connectivity index (χ3v) is 3.67. The molecule has 0 bridgehead atoms. The SMILES string of the molecule is CCNC(=O)CCCCSc1ncnc2nc[nH]c12. The maximum atomic E-state index is 11.3. The van der Waals surface area contributed by atoms with Gasteiger partial charge in [0, 0.05) is 13.0 Å². The van der Waals surface area contributed by atoms with Gasteiger partial charge in [-0.05, 0) is 25.5 Å². The van der Waals surface area contributed by atoms with Crippen LogP contribution >= 0.6 is 11.8 Å². The zero-order valence-corrected chi connectivity index (χ0v) is 11.7. The fraction of sp³-hybridized carbons (Fsp3) is 0.500. The summed E-state index contributed by atoms with van der Waals surface area (Å²) in [5, 5.41) is 3.71. The molecule has 102 valence electrons. The molecule has 1 amide bonds. The molecule has 0 saturated heterocycles. The van der Waals surface area contributed by atoms with E-state index in [9.17, 15) is 4.79 Å². The Morgan fingerprint density at radius 3 is 3.11 bits per heavy atom. The number of carbonyl (C=O) groups is 1. The Hall–Kier alpha value is -1.63. The molecule has 2 rings (SSSR count). The van der Waals surface area contributed by atoms with Crippen molar-refractivity contribution in [3.8, 4) is 0 Å². The van der Waals surface area contributed by atoms with Crippen LogP contribution in [0.25, 0.3) is 11.2 Å². The molecule has 19 heavy (non-hydrogen) atoms. The van der Waals surface area contributed by atoms with Crippen molar-refractivity contribution in [2.45, 2.75) is 31.2 Å². The number of amides is 1. The van der Waals surface area contributed by atoms with Gasteiger partial charge in [0.25, 0.3) is 0 Å². The van der Waals surface area contributed by atoms with Crippen LogP contribution in [0.5, 0.6) is 0 Å². The number of thioether (sulfide) groups is 1. The maximum absolute atomic E-state index is 11.3. The molecule has 6 nitrogen and oxygen atoms in total. The van der Waals surface area contributed by atoms with Crippen molar-refractivity contribution >= 4 is 28.8 Å². The molecule has 0 aromatic carbocycles. The summed E-state index contributed by atoms with van der Waals surface area (Å²) in [4.78, 5) is 26.7. The van der Waals surface area contributed by atoms with Crippen LogP contribution < -0.4 is 5.32 Å². The lowest BCUT2D eigenvalue weighted by atomic mass is 10.2. The zero-order valence-electron chi connectivity index (χ0n) is 10.8. The summed E-state index contributed by atoms with van der Waals surface area (Å²) in [6, 6.07) is 0. The molecule has 0 radical (unpaired) electrons. The van der Waals surface area contributed by atoms with Crippen LogP contribution in [0, 0.1) is 0 Å². The topological polar surface area (TPSA) is 83.6 Å². The number of imidazole rings is 1. The quantitative estimate of drug-likeness (QED) is 0.458. The van der Waals surface area contributed by atoms with Crippen molar-refractivity contribution in [3.05, 3.63) is 12.7 Å². The Kier molecular flexibility index (Phi) is 5.14. The Bertz CT molecular complexity index is 542. The average Bonchev–Trinajstić information content (AvgIpc) is 2.87. The third kappa shape index (κ3) is 3.92. The molecular formula is C12H17N5OS. The Morgan fingerprint density at radius 2 is 2.26 bits per heavy atom. The van der Waals surface area contributed by atoms with Crippen molar-refractivity contribution in [2.75, 3.05) is 12.3 Å². The predicted molar refractivity (Wildman–Crippen MR) is 74.9 cm³/mol. The summed E-state index contributed by atoms with van der Waals surface area (Å²) in [5.74, 6) is 1.07. The van der Waals surface area contributed by atoms with E-state index in [4.69, 9.17) is 0 Å². The number of nitrogens with zero attached hydrogens (tertiary/aromatic N) is 3. The summed E-state index contributed by atoms with van der Waals surface area (Å²) >= 11 is 1.67. The Balaban J connectivity index is 1.74. The van der Waals surface area contributed by atoms with E-state index >= 15 is 0 Å². The second-order valence-corrected chi connectivity index (χ2v) is 5.12. The van der Waals surface area contributed by atoms with Crippen LogP contribution in [-0.2, 0) is 4.79 Å². The van der Waals surface area contributed by atoms with Gasteiger partial charge in [0.1, 0.15) is 16.9 Å². The first-order valence-electron chi connectivity index (χ1n) is 6.35. The van der Waals surface area contributed by atoms with Gasteiger partial charge >= 0.3 is 0 Å². The van der Waals surface area contributed by atoms with Gasteiger partial charge in [-0.25, -0.2) is 15.0 Å². The number of unbranched alkanes of at least 4 members (excludes halogenated alkanes) is 1. The van der Waals surface area contributed by atoms with Crippen molar-refractivity contribution in [1.29, 1.82) is 0 Å².